The van der Waals surface area contributed by atoms with Crippen LogP contribution in [0.1, 0.15) is 24.4 Å². The number of aromatic nitrogens is 2. The van der Waals surface area contributed by atoms with Crippen molar-refractivity contribution in [1.82, 2.24) is 15.5 Å². The number of nitrogens with one attached hydrogen (secondary N) is 1. The molecule has 3 rings (SSSR count). The van der Waals surface area contributed by atoms with Crippen LogP contribution in [-0.4, -0.2) is 30.1 Å². The second-order valence-corrected chi connectivity index (χ2v) is 6.37. The number of hydrogen-bond donors (Lipinski definition) is 1. The van der Waals surface area contributed by atoms with Gasteiger partial charge < -0.3 is 14.7 Å². The molecule has 0 aliphatic rings. The first-order valence-electron chi connectivity index (χ1n) is 8.68. The lowest BCUT2D eigenvalue weighted by Gasteiger charge is -2.11. The van der Waals surface area contributed by atoms with Crippen LogP contribution in [0.4, 0.5) is 5.69 Å². The maximum Gasteiger partial charge on any atom is 0.249 e. The monoisotopic (exact) mass is 362 g/mol. The Labute approximate surface area is 158 Å². The molecule has 1 heterocycles. The third kappa shape index (κ3) is 4.82. The van der Waals surface area contributed by atoms with E-state index in [0.717, 1.165) is 16.8 Å². The van der Waals surface area contributed by atoms with Gasteiger partial charge in [-0.2, -0.15) is 4.98 Å². The van der Waals surface area contributed by atoms with E-state index < -0.39 is 0 Å². The first-order valence-corrected chi connectivity index (χ1v) is 8.68. The summed E-state index contributed by atoms with van der Waals surface area (Å²) in [6, 6.07) is 17.1. The zero-order valence-corrected chi connectivity index (χ0v) is 15.6. The predicted octanol–water partition coefficient (Wildman–Crippen LogP) is 3.69. The summed E-state index contributed by atoms with van der Waals surface area (Å²) in [5.74, 6) is 0.640. The molecule has 0 fully saturated rings. The molecule has 0 bridgehead atoms. The van der Waals surface area contributed by atoms with E-state index in [9.17, 15) is 4.79 Å². The summed E-state index contributed by atoms with van der Waals surface area (Å²) >= 11 is 0. The lowest BCUT2D eigenvalue weighted by atomic mass is 10.2. The van der Waals surface area contributed by atoms with Crippen LogP contribution in [-0.2, 0) is 4.79 Å². The Bertz CT molecular complexity index is 915. The molecule has 27 heavy (non-hydrogen) atoms. The second kappa shape index (κ2) is 8.31. The number of benzene rings is 2. The van der Waals surface area contributed by atoms with Crippen LogP contribution in [0.5, 0.6) is 0 Å². The van der Waals surface area contributed by atoms with E-state index in [1.54, 1.807) is 13.0 Å². The minimum absolute atomic E-state index is 0.221. The standard InChI is InChI=1S/C21H22N4O2/c1-15(22-19(26)14-9-16-7-5-4-6-8-16)21-23-20(24-27-21)17-10-12-18(13-11-17)25(2)3/h4-15H,1-3H3,(H,22,26)/b14-9+. The zero-order valence-electron chi connectivity index (χ0n) is 15.6. The van der Waals surface area contributed by atoms with Crippen molar-refractivity contribution >= 4 is 17.7 Å². The number of carbonyl (C=O) groups is 1. The Morgan fingerprint density at radius 3 is 2.48 bits per heavy atom. The van der Waals surface area contributed by atoms with Crippen molar-refractivity contribution < 1.29 is 9.32 Å². The molecule has 0 aliphatic carbocycles. The van der Waals surface area contributed by atoms with Gasteiger partial charge in [0.05, 0.1) is 0 Å². The van der Waals surface area contributed by atoms with Crippen LogP contribution < -0.4 is 10.2 Å². The molecule has 1 aromatic heterocycles. The predicted molar refractivity (Wildman–Crippen MR) is 106 cm³/mol. The van der Waals surface area contributed by atoms with Crippen LogP contribution in [0.2, 0.25) is 0 Å². The molecule has 1 unspecified atom stereocenters. The summed E-state index contributed by atoms with van der Waals surface area (Å²) < 4.78 is 5.31. The molecule has 1 amide bonds. The summed E-state index contributed by atoms with van der Waals surface area (Å²) in [4.78, 5) is 18.5. The van der Waals surface area contributed by atoms with Crippen molar-refractivity contribution in [2.24, 2.45) is 0 Å². The zero-order chi connectivity index (χ0) is 19.2. The molecular weight excluding hydrogens is 340 g/mol. The van der Waals surface area contributed by atoms with E-state index in [4.69, 9.17) is 4.52 Å². The Morgan fingerprint density at radius 1 is 1.11 bits per heavy atom. The van der Waals surface area contributed by atoms with Gasteiger partial charge in [0, 0.05) is 31.4 Å². The average Bonchev–Trinajstić information content (AvgIpc) is 3.18. The van der Waals surface area contributed by atoms with Crippen LogP contribution in [0, 0.1) is 0 Å². The van der Waals surface area contributed by atoms with Crippen molar-refractivity contribution in [2.75, 3.05) is 19.0 Å². The van der Waals surface area contributed by atoms with E-state index in [2.05, 4.69) is 15.5 Å². The van der Waals surface area contributed by atoms with Gasteiger partial charge in [-0.3, -0.25) is 4.79 Å². The molecule has 138 valence electrons. The molecule has 1 N–H and O–H groups in total. The van der Waals surface area contributed by atoms with Gasteiger partial charge >= 0.3 is 0 Å². The maximum absolute atomic E-state index is 12.1. The number of nitrogens with zero attached hydrogens (tertiary/aromatic N) is 3. The van der Waals surface area contributed by atoms with Crippen LogP contribution in [0.15, 0.2) is 65.2 Å². The van der Waals surface area contributed by atoms with Crippen LogP contribution in [0.25, 0.3) is 17.5 Å². The van der Waals surface area contributed by atoms with Crippen molar-refractivity contribution in [2.45, 2.75) is 13.0 Å². The third-order valence-corrected chi connectivity index (χ3v) is 4.04. The molecule has 2 aromatic carbocycles. The smallest absolute Gasteiger partial charge is 0.249 e. The van der Waals surface area contributed by atoms with Gasteiger partial charge in [-0.15, -0.1) is 0 Å². The molecule has 6 heteroatoms. The van der Waals surface area contributed by atoms with Crippen LogP contribution >= 0.6 is 0 Å². The largest absolute Gasteiger partial charge is 0.378 e. The minimum atomic E-state index is -0.389. The number of rotatable bonds is 6. The van der Waals surface area contributed by atoms with Gasteiger partial charge in [0.1, 0.15) is 6.04 Å². The fraction of sp³-hybridized carbons (Fsp3) is 0.190. The topological polar surface area (TPSA) is 71.3 Å². The van der Waals surface area contributed by atoms with Crippen molar-refractivity contribution in [1.29, 1.82) is 0 Å². The lowest BCUT2D eigenvalue weighted by Crippen LogP contribution is -2.24. The number of hydrogen-bond acceptors (Lipinski definition) is 5. The molecule has 3 aromatic rings. The van der Waals surface area contributed by atoms with E-state index in [-0.39, 0.29) is 11.9 Å². The normalized spacial score (nSPS) is 12.1. The van der Waals surface area contributed by atoms with E-state index in [1.807, 2.05) is 73.6 Å². The lowest BCUT2D eigenvalue weighted by molar-refractivity contribution is -0.117. The molecular formula is C21H22N4O2. The minimum Gasteiger partial charge on any atom is -0.378 e. The summed E-state index contributed by atoms with van der Waals surface area (Å²) in [6.45, 7) is 1.81. The second-order valence-electron chi connectivity index (χ2n) is 6.37. The van der Waals surface area contributed by atoms with Gasteiger partial charge in [-0.1, -0.05) is 35.5 Å². The van der Waals surface area contributed by atoms with Gasteiger partial charge in [0.2, 0.25) is 17.6 Å². The molecule has 0 aliphatic heterocycles. The van der Waals surface area contributed by atoms with Gasteiger partial charge in [0.15, 0.2) is 0 Å². The Hall–Kier alpha value is -3.41. The van der Waals surface area contributed by atoms with Gasteiger partial charge in [0.25, 0.3) is 0 Å². The third-order valence-electron chi connectivity index (χ3n) is 4.04. The highest BCUT2D eigenvalue weighted by atomic mass is 16.5. The molecule has 0 saturated carbocycles. The van der Waals surface area contributed by atoms with E-state index in [0.29, 0.717) is 11.7 Å². The van der Waals surface area contributed by atoms with E-state index >= 15 is 0 Å². The summed E-state index contributed by atoms with van der Waals surface area (Å²) in [5.41, 5.74) is 2.91. The van der Waals surface area contributed by atoms with Crippen LogP contribution in [0.3, 0.4) is 0 Å². The quantitative estimate of drug-likeness (QED) is 0.677. The first kappa shape index (κ1) is 18.4. The highest BCUT2D eigenvalue weighted by Gasteiger charge is 2.16. The Kier molecular flexibility index (Phi) is 5.66. The van der Waals surface area contributed by atoms with Crippen molar-refractivity contribution in [3.05, 3.63) is 72.1 Å². The molecule has 0 spiro atoms. The fourth-order valence-electron chi connectivity index (χ4n) is 2.50. The summed E-state index contributed by atoms with van der Waals surface area (Å²) in [5, 5.41) is 6.84. The highest BCUT2D eigenvalue weighted by molar-refractivity contribution is 5.91. The number of carbonyl (C=O) groups excluding carboxylic acids is 1. The molecule has 0 saturated heterocycles. The van der Waals surface area contributed by atoms with Gasteiger partial charge in [-0.25, -0.2) is 0 Å². The number of amides is 1. The van der Waals surface area contributed by atoms with Crippen molar-refractivity contribution in [3.63, 3.8) is 0 Å². The Morgan fingerprint density at radius 2 is 1.81 bits per heavy atom. The SMILES string of the molecule is CC(NC(=O)/C=C/c1ccccc1)c1nc(-c2ccc(N(C)C)cc2)no1. The van der Waals surface area contributed by atoms with Crippen molar-refractivity contribution in [3.8, 4) is 11.4 Å². The van der Waals surface area contributed by atoms with E-state index in [1.165, 1.54) is 6.08 Å². The molecule has 6 nitrogen and oxygen atoms in total. The highest BCUT2D eigenvalue weighted by Crippen LogP contribution is 2.21. The Balaban J connectivity index is 1.63. The summed E-state index contributed by atoms with van der Waals surface area (Å²) in [6.07, 6.45) is 3.25. The molecule has 0 radical (unpaired) electrons. The fourth-order valence-corrected chi connectivity index (χ4v) is 2.50. The maximum atomic E-state index is 12.1. The first-order chi connectivity index (χ1) is 13.0. The summed E-state index contributed by atoms with van der Waals surface area (Å²) in [7, 11) is 3.97. The average molecular weight is 362 g/mol. The number of anilines is 1. The molecule has 1 atom stereocenters. The van der Waals surface area contributed by atoms with Gasteiger partial charge in [-0.05, 0) is 42.8 Å².